The van der Waals surface area contributed by atoms with Crippen LogP contribution in [0.5, 0.6) is 0 Å². The second kappa shape index (κ2) is 26.8. The molecule has 0 fully saturated rings. The number of carbonyl (C=O) groups is 2. The Morgan fingerprint density at radius 2 is 1.00 bits per heavy atom. The summed E-state index contributed by atoms with van der Waals surface area (Å²) in [7, 11) is 4.00. The van der Waals surface area contributed by atoms with Crippen LogP contribution in [0.15, 0.2) is 24.3 Å². The van der Waals surface area contributed by atoms with Gasteiger partial charge in [-0.3, -0.25) is 9.59 Å². The summed E-state index contributed by atoms with van der Waals surface area (Å²) < 4.78 is 0. The molecule has 0 aromatic carbocycles. The maximum Gasteiger partial charge on any atom is 0.137 e. The third-order valence-corrected chi connectivity index (χ3v) is 6.92. The van der Waals surface area contributed by atoms with Gasteiger partial charge in [0.15, 0.2) is 0 Å². The number of hydrogen-bond donors (Lipinski definition) is 0. The molecule has 0 aliphatic carbocycles. The Hall–Kier alpha value is -1.22. The molecule has 3 nitrogen and oxygen atoms in total. The minimum absolute atomic E-state index is 0.125. The quantitative estimate of drug-likeness (QED) is 0.0827. The van der Waals surface area contributed by atoms with Crippen molar-refractivity contribution in [2.45, 2.75) is 149 Å². The first-order chi connectivity index (χ1) is 17.5. The van der Waals surface area contributed by atoms with Crippen LogP contribution in [0, 0.1) is 5.92 Å². The van der Waals surface area contributed by atoms with E-state index in [0.717, 1.165) is 25.7 Å². The van der Waals surface area contributed by atoms with Gasteiger partial charge < -0.3 is 4.90 Å². The van der Waals surface area contributed by atoms with Gasteiger partial charge in [0.1, 0.15) is 11.6 Å². The van der Waals surface area contributed by atoms with Gasteiger partial charge in [-0.15, -0.1) is 0 Å². The van der Waals surface area contributed by atoms with Crippen LogP contribution in [-0.4, -0.2) is 37.1 Å². The molecule has 0 amide bonds. The highest BCUT2D eigenvalue weighted by molar-refractivity contribution is 5.88. The van der Waals surface area contributed by atoms with Crippen molar-refractivity contribution >= 4 is 11.6 Å². The van der Waals surface area contributed by atoms with Gasteiger partial charge >= 0.3 is 0 Å². The van der Waals surface area contributed by atoms with E-state index in [-0.39, 0.29) is 11.7 Å². The van der Waals surface area contributed by atoms with E-state index in [1.54, 1.807) is 0 Å². The summed E-state index contributed by atoms with van der Waals surface area (Å²) in [4.78, 5) is 27.5. The monoisotopic (exact) mass is 503 g/mol. The van der Waals surface area contributed by atoms with E-state index in [0.29, 0.717) is 31.6 Å². The fourth-order valence-electron chi connectivity index (χ4n) is 4.62. The molecule has 0 aliphatic heterocycles. The van der Waals surface area contributed by atoms with E-state index in [1.807, 2.05) is 14.1 Å². The lowest BCUT2D eigenvalue weighted by atomic mass is 9.91. The maximum atomic E-state index is 12.8. The third kappa shape index (κ3) is 24.5. The lowest BCUT2D eigenvalue weighted by Crippen LogP contribution is -2.29. The standard InChI is InChI=1S/C33H61NO2/c1-5-7-9-11-13-15-17-19-21-23-25-27-32(35)29-31(30-34(3)4)33(36)28-26-24-22-20-18-16-14-12-10-8-6-2/h11-14,31H,5-10,15-30H2,1-4H3/b13-11-,14-12-. The second-order valence-electron chi connectivity index (χ2n) is 11.0. The van der Waals surface area contributed by atoms with E-state index < -0.39 is 0 Å². The fraction of sp³-hybridized carbons (Fsp3) is 0.818. The largest absolute Gasteiger partial charge is 0.309 e. The van der Waals surface area contributed by atoms with Gasteiger partial charge in [-0.05, 0) is 65.5 Å². The molecule has 0 saturated heterocycles. The van der Waals surface area contributed by atoms with Gasteiger partial charge in [0, 0.05) is 31.7 Å². The van der Waals surface area contributed by atoms with Crippen LogP contribution in [0.25, 0.3) is 0 Å². The van der Waals surface area contributed by atoms with Crippen molar-refractivity contribution in [1.29, 1.82) is 0 Å². The molecule has 0 aromatic heterocycles. The zero-order chi connectivity index (χ0) is 26.7. The molecule has 36 heavy (non-hydrogen) atoms. The summed E-state index contributed by atoms with van der Waals surface area (Å²) in [6, 6.07) is 0. The molecule has 0 aliphatic rings. The molecule has 0 radical (unpaired) electrons. The number of hydrogen-bond acceptors (Lipinski definition) is 3. The lowest BCUT2D eigenvalue weighted by Gasteiger charge is -2.19. The Morgan fingerprint density at radius 3 is 1.47 bits per heavy atom. The van der Waals surface area contributed by atoms with Crippen LogP contribution in [0.1, 0.15) is 149 Å². The van der Waals surface area contributed by atoms with E-state index in [2.05, 4.69) is 43.1 Å². The number of Topliss-reactive ketones (excluding diaryl/α,β-unsaturated/α-hetero) is 2. The summed E-state index contributed by atoms with van der Waals surface area (Å²) in [5, 5.41) is 0. The molecule has 0 spiro atoms. The van der Waals surface area contributed by atoms with Crippen molar-refractivity contribution in [1.82, 2.24) is 4.90 Å². The zero-order valence-electron chi connectivity index (χ0n) is 24.7. The number of rotatable bonds is 27. The number of carbonyl (C=O) groups excluding carboxylic acids is 2. The SMILES string of the molecule is CCCC/C=C\CCCCCCCC(=O)CC(CN(C)C)C(=O)CCCCCCC/C=C\CCCC. The average molecular weight is 504 g/mol. The molecule has 1 unspecified atom stereocenters. The summed E-state index contributed by atoms with van der Waals surface area (Å²) in [6.45, 7) is 5.16. The fourth-order valence-corrected chi connectivity index (χ4v) is 4.62. The first-order valence-corrected chi connectivity index (χ1v) is 15.5. The van der Waals surface area contributed by atoms with Crippen molar-refractivity contribution in [2.24, 2.45) is 5.92 Å². The molecular formula is C33H61NO2. The maximum absolute atomic E-state index is 12.8. The number of allylic oxidation sites excluding steroid dienone is 4. The molecule has 0 rings (SSSR count). The minimum atomic E-state index is -0.125. The normalized spacial score (nSPS) is 12.8. The Morgan fingerprint density at radius 1 is 0.583 bits per heavy atom. The third-order valence-electron chi connectivity index (χ3n) is 6.92. The Bertz CT molecular complexity index is 564. The van der Waals surface area contributed by atoms with Crippen molar-refractivity contribution in [3.8, 4) is 0 Å². The Kier molecular flexibility index (Phi) is 25.9. The van der Waals surface area contributed by atoms with Crippen molar-refractivity contribution < 1.29 is 9.59 Å². The molecule has 3 heteroatoms. The van der Waals surface area contributed by atoms with Crippen LogP contribution in [0.4, 0.5) is 0 Å². The van der Waals surface area contributed by atoms with Crippen molar-refractivity contribution in [3.05, 3.63) is 24.3 Å². The second-order valence-corrected chi connectivity index (χ2v) is 11.0. The molecule has 210 valence electrons. The van der Waals surface area contributed by atoms with Gasteiger partial charge in [0.25, 0.3) is 0 Å². The van der Waals surface area contributed by atoms with E-state index in [9.17, 15) is 9.59 Å². The van der Waals surface area contributed by atoms with Gasteiger partial charge in [-0.1, -0.05) is 102 Å². The molecule has 0 aromatic rings. The first-order valence-electron chi connectivity index (χ1n) is 15.5. The first kappa shape index (κ1) is 34.8. The van der Waals surface area contributed by atoms with Crippen LogP contribution in [0.3, 0.4) is 0 Å². The van der Waals surface area contributed by atoms with Crippen molar-refractivity contribution in [3.63, 3.8) is 0 Å². The lowest BCUT2D eigenvalue weighted by molar-refractivity contribution is -0.128. The highest BCUT2D eigenvalue weighted by atomic mass is 16.1. The smallest absolute Gasteiger partial charge is 0.137 e. The minimum Gasteiger partial charge on any atom is -0.309 e. The van der Waals surface area contributed by atoms with E-state index in [1.165, 1.54) is 89.9 Å². The molecule has 1 atom stereocenters. The van der Waals surface area contributed by atoms with Crippen LogP contribution in [0.2, 0.25) is 0 Å². The summed E-state index contributed by atoms with van der Waals surface area (Å²) in [5.41, 5.74) is 0. The van der Waals surface area contributed by atoms with Crippen LogP contribution in [-0.2, 0) is 9.59 Å². The van der Waals surface area contributed by atoms with Crippen molar-refractivity contribution in [2.75, 3.05) is 20.6 Å². The number of ketones is 2. The Labute approximate surface area is 225 Å². The summed E-state index contributed by atoms with van der Waals surface area (Å²) in [6.07, 6.45) is 32.6. The molecular weight excluding hydrogens is 442 g/mol. The van der Waals surface area contributed by atoms with E-state index >= 15 is 0 Å². The average Bonchev–Trinajstić information content (AvgIpc) is 2.85. The summed E-state index contributed by atoms with van der Waals surface area (Å²) in [5.74, 6) is 0.448. The zero-order valence-corrected chi connectivity index (χ0v) is 24.7. The highest BCUT2D eigenvalue weighted by Gasteiger charge is 2.21. The number of nitrogens with zero attached hydrogens (tertiary/aromatic N) is 1. The van der Waals surface area contributed by atoms with Gasteiger partial charge in [-0.25, -0.2) is 0 Å². The van der Waals surface area contributed by atoms with Crippen LogP contribution >= 0.6 is 0 Å². The van der Waals surface area contributed by atoms with E-state index in [4.69, 9.17) is 0 Å². The predicted molar refractivity (Wildman–Crippen MR) is 159 cm³/mol. The molecule has 0 heterocycles. The predicted octanol–water partition coefficient (Wildman–Crippen LogP) is 9.65. The molecule has 0 saturated carbocycles. The molecule has 0 N–H and O–H groups in total. The highest BCUT2D eigenvalue weighted by Crippen LogP contribution is 2.17. The van der Waals surface area contributed by atoms with Gasteiger partial charge in [0.2, 0.25) is 0 Å². The Balaban J connectivity index is 3.94. The van der Waals surface area contributed by atoms with Crippen LogP contribution < -0.4 is 0 Å². The van der Waals surface area contributed by atoms with Gasteiger partial charge in [-0.2, -0.15) is 0 Å². The number of unbranched alkanes of at least 4 members (excludes halogenated alkanes) is 14. The summed E-state index contributed by atoms with van der Waals surface area (Å²) >= 11 is 0. The molecule has 0 bridgehead atoms. The van der Waals surface area contributed by atoms with Gasteiger partial charge in [0.05, 0.1) is 0 Å². The topological polar surface area (TPSA) is 37.4 Å².